The molecule has 96 valence electrons. The average molecular weight is 246 g/mol. The van der Waals surface area contributed by atoms with Crippen LogP contribution in [0.5, 0.6) is 0 Å². The third-order valence-corrected chi connectivity index (χ3v) is 3.64. The molecular weight excluding hydrogens is 228 g/mol. The molecule has 4 heteroatoms. The van der Waals surface area contributed by atoms with Crippen LogP contribution in [0, 0.1) is 0 Å². The number of hydrogen-bond donors (Lipinski definition) is 1. The SMILES string of the molecule is O=C1CCON1c1cccc(C2CCCNC2)c1. The Kier molecular flexibility index (Phi) is 3.30. The number of benzene rings is 1. The van der Waals surface area contributed by atoms with Crippen molar-refractivity contribution in [2.24, 2.45) is 0 Å². The molecule has 2 saturated heterocycles. The van der Waals surface area contributed by atoms with Crippen LogP contribution in [0.25, 0.3) is 0 Å². The summed E-state index contributed by atoms with van der Waals surface area (Å²) < 4.78 is 0. The molecule has 1 aromatic carbocycles. The Labute approximate surface area is 107 Å². The molecule has 0 radical (unpaired) electrons. The van der Waals surface area contributed by atoms with Gasteiger partial charge in [-0.15, -0.1) is 0 Å². The summed E-state index contributed by atoms with van der Waals surface area (Å²) in [6, 6.07) is 8.17. The smallest absolute Gasteiger partial charge is 0.253 e. The molecule has 1 unspecified atom stereocenters. The fourth-order valence-electron chi connectivity index (χ4n) is 2.66. The number of carbonyl (C=O) groups is 1. The Morgan fingerprint density at radius 3 is 3.06 bits per heavy atom. The predicted octanol–water partition coefficient (Wildman–Crippen LogP) is 1.82. The molecule has 2 heterocycles. The Morgan fingerprint density at radius 2 is 2.33 bits per heavy atom. The lowest BCUT2D eigenvalue weighted by molar-refractivity contribution is -0.119. The molecule has 18 heavy (non-hydrogen) atoms. The molecule has 0 spiro atoms. The number of anilines is 1. The fourth-order valence-corrected chi connectivity index (χ4v) is 2.66. The molecule has 1 amide bonds. The summed E-state index contributed by atoms with van der Waals surface area (Å²) in [6.45, 7) is 2.64. The maximum Gasteiger partial charge on any atom is 0.253 e. The van der Waals surface area contributed by atoms with Gasteiger partial charge < -0.3 is 5.32 Å². The number of nitrogens with zero attached hydrogens (tertiary/aromatic N) is 1. The van der Waals surface area contributed by atoms with Crippen LogP contribution in [0.3, 0.4) is 0 Å². The zero-order valence-electron chi connectivity index (χ0n) is 10.4. The first-order chi connectivity index (χ1) is 8.84. The molecule has 1 N–H and O–H groups in total. The van der Waals surface area contributed by atoms with E-state index in [2.05, 4.69) is 17.4 Å². The van der Waals surface area contributed by atoms with Crippen LogP contribution in [0.2, 0.25) is 0 Å². The lowest BCUT2D eigenvalue weighted by Gasteiger charge is -2.24. The van der Waals surface area contributed by atoms with Crippen LogP contribution in [-0.2, 0) is 9.63 Å². The summed E-state index contributed by atoms with van der Waals surface area (Å²) in [4.78, 5) is 17.0. The highest BCUT2D eigenvalue weighted by Gasteiger charge is 2.24. The quantitative estimate of drug-likeness (QED) is 0.865. The minimum Gasteiger partial charge on any atom is -0.316 e. The number of hydrogen-bond acceptors (Lipinski definition) is 3. The Bertz CT molecular complexity index is 441. The minimum atomic E-state index is 0.0499. The van der Waals surface area contributed by atoms with Crippen molar-refractivity contribution in [2.45, 2.75) is 25.2 Å². The van der Waals surface area contributed by atoms with Gasteiger partial charge in [0.2, 0.25) is 0 Å². The lowest BCUT2D eigenvalue weighted by atomic mass is 9.91. The lowest BCUT2D eigenvalue weighted by Crippen LogP contribution is -2.28. The summed E-state index contributed by atoms with van der Waals surface area (Å²) in [5.41, 5.74) is 2.16. The molecule has 0 aliphatic carbocycles. The van der Waals surface area contributed by atoms with Crippen molar-refractivity contribution >= 4 is 11.6 Å². The topological polar surface area (TPSA) is 41.6 Å². The van der Waals surface area contributed by atoms with Gasteiger partial charge in [-0.05, 0) is 43.0 Å². The molecule has 2 aliphatic heterocycles. The molecule has 0 bridgehead atoms. The van der Waals surface area contributed by atoms with E-state index in [0.29, 0.717) is 18.9 Å². The van der Waals surface area contributed by atoms with E-state index >= 15 is 0 Å². The van der Waals surface area contributed by atoms with Gasteiger partial charge in [0.1, 0.15) is 0 Å². The summed E-state index contributed by atoms with van der Waals surface area (Å²) in [5.74, 6) is 0.602. The minimum absolute atomic E-state index is 0.0499. The van der Waals surface area contributed by atoms with Crippen LogP contribution in [0.4, 0.5) is 5.69 Å². The van der Waals surface area contributed by atoms with Gasteiger partial charge in [-0.25, -0.2) is 0 Å². The second kappa shape index (κ2) is 5.08. The monoisotopic (exact) mass is 246 g/mol. The third-order valence-electron chi connectivity index (χ3n) is 3.64. The molecule has 0 saturated carbocycles. The maximum atomic E-state index is 11.7. The van der Waals surface area contributed by atoms with Gasteiger partial charge in [-0.3, -0.25) is 9.63 Å². The van der Waals surface area contributed by atoms with Gasteiger partial charge >= 0.3 is 0 Å². The summed E-state index contributed by atoms with van der Waals surface area (Å²) in [7, 11) is 0. The molecule has 1 aromatic rings. The second-order valence-corrected chi connectivity index (χ2v) is 4.91. The summed E-state index contributed by atoms with van der Waals surface area (Å²) in [6.07, 6.45) is 2.91. The first kappa shape index (κ1) is 11.7. The van der Waals surface area contributed by atoms with Crippen LogP contribution in [-0.4, -0.2) is 25.6 Å². The number of hydroxylamine groups is 1. The zero-order valence-corrected chi connectivity index (χ0v) is 10.4. The van der Waals surface area contributed by atoms with E-state index < -0.39 is 0 Å². The van der Waals surface area contributed by atoms with E-state index in [4.69, 9.17) is 4.84 Å². The van der Waals surface area contributed by atoms with Crippen LogP contribution >= 0.6 is 0 Å². The Balaban J connectivity index is 1.82. The summed E-state index contributed by atoms with van der Waals surface area (Å²) >= 11 is 0. The van der Waals surface area contributed by atoms with Crippen molar-refractivity contribution in [3.63, 3.8) is 0 Å². The van der Waals surface area contributed by atoms with Crippen molar-refractivity contribution in [2.75, 3.05) is 24.8 Å². The van der Waals surface area contributed by atoms with E-state index in [0.717, 1.165) is 18.8 Å². The van der Waals surface area contributed by atoms with Gasteiger partial charge in [-0.1, -0.05) is 12.1 Å². The van der Waals surface area contributed by atoms with Crippen LogP contribution in [0.1, 0.15) is 30.7 Å². The first-order valence-electron chi connectivity index (χ1n) is 6.61. The normalized spacial score (nSPS) is 24.6. The van der Waals surface area contributed by atoms with Crippen molar-refractivity contribution in [1.82, 2.24) is 5.32 Å². The average Bonchev–Trinajstić information content (AvgIpc) is 2.86. The van der Waals surface area contributed by atoms with Gasteiger partial charge in [0.05, 0.1) is 18.7 Å². The highest BCUT2D eigenvalue weighted by molar-refractivity contribution is 5.92. The number of nitrogens with one attached hydrogen (secondary N) is 1. The maximum absolute atomic E-state index is 11.7. The number of amides is 1. The van der Waals surface area contributed by atoms with Gasteiger partial charge in [0.15, 0.2) is 0 Å². The number of rotatable bonds is 2. The van der Waals surface area contributed by atoms with Gasteiger partial charge in [0, 0.05) is 6.54 Å². The van der Waals surface area contributed by atoms with Crippen molar-refractivity contribution < 1.29 is 9.63 Å². The Morgan fingerprint density at radius 1 is 1.39 bits per heavy atom. The highest BCUT2D eigenvalue weighted by atomic mass is 16.7. The standard InChI is InChI=1S/C14H18N2O2/c17-14-6-8-18-16(14)13-5-1-3-11(9-13)12-4-2-7-15-10-12/h1,3,5,9,12,15H,2,4,6-8,10H2. The predicted molar refractivity (Wildman–Crippen MR) is 69.3 cm³/mol. The van der Waals surface area contributed by atoms with Crippen LogP contribution in [0.15, 0.2) is 24.3 Å². The molecule has 4 nitrogen and oxygen atoms in total. The molecule has 1 atom stereocenters. The number of piperidine rings is 1. The molecule has 2 fully saturated rings. The van der Waals surface area contributed by atoms with Crippen molar-refractivity contribution in [3.8, 4) is 0 Å². The Hall–Kier alpha value is -1.39. The molecule has 0 aromatic heterocycles. The first-order valence-corrected chi connectivity index (χ1v) is 6.61. The largest absolute Gasteiger partial charge is 0.316 e. The van der Waals surface area contributed by atoms with E-state index in [1.165, 1.54) is 23.5 Å². The van der Waals surface area contributed by atoms with Gasteiger partial charge in [0.25, 0.3) is 5.91 Å². The van der Waals surface area contributed by atoms with E-state index in [-0.39, 0.29) is 5.91 Å². The second-order valence-electron chi connectivity index (χ2n) is 4.91. The highest BCUT2D eigenvalue weighted by Crippen LogP contribution is 2.28. The fraction of sp³-hybridized carbons (Fsp3) is 0.500. The van der Waals surface area contributed by atoms with Crippen molar-refractivity contribution in [3.05, 3.63) is 29.8 Å². The van der Waals surface area contributed by atoms with E-state index in [1.807, 2.05) is 12.1 Å². The third kappa shape index (κ3) is 2.26. The molecule has 2 aliphatic rings. The van der Waals surface area contributed by atoms with Crippen molar-refractivity contribution in [1.29, 1.82) is 0 Å². The molecular formula is C14H18N2O2. The number of carbonyl (C=O) groups excluding carboxylic acids is 1. The zero-order chi connectivity index (χ0) is 12.4. The molecule has 3 rings (SSSR count). The van der Waals surface area contributed by atoms with Gasteiger partial charge in [-0.2, -0.15) is 5.06 Å². The van der Waals surface area contributed by atoms with E-state index in [9.17, 15) is 4.79 Å². The summed E-state index contributed by atoms with van der Waals surface area (Å²) in [5, 5.41) is 4.85. The van der Waals surface area contributed by atoms with Crippen LogP contribution < -0.4 is 10.4 Å². The van der Waals surface area contributed by atoms with E-state index in [1.54, 1.807) is 0 Å².